The molecule has 0 fully saturated rings. The van der Waals surface area contributed by atoms with Crippen molar-refractivity contribution >= 4 is 34.2 Å². The van der Waals surface area contributed by atoms with E-state index in [0.29, 0.717) is 33.7 Å². The van der Waals surface area contributed by atoms with E-state index in [4.69, 9.17) is 4.74 Å². The van der Waals surface area contributed by atoms with Crippen molar-refractivity contribution in [2.24, 2.45) is 0 Å². The Morgan fingerprint density at radius 2 is 1.71 bits per heavy atom. The lowest BCUT2D eigenvalue weighted by Gasteiger charge is -2.19. The van der Waals surface area contributed by atoms with E-state index in [0.717, 1.165) is 0 Å². The smallest absolute Gasteiger partial charge is 0.278 e. The van der Waals surface area contributed by atoms with E-state index in [1.54, 1.807) is 80.8 Å². The van der Waals surface area contributed by atoms with Gasteiger partial charge in [0.25, 0.3) is 5.56 Å². The van der Waals surface area contributed by atoms with Gasteiger partial charge in [-0.25, -0.2) is 4.98 Å². The number of hydrogen-bond donors (Lipinski definition) is 2. The van der Waals surface area contributed by atoms with Crippen molar-refractivity contribution in [1.82, 2.24) is 9.55 Å². The lowest BCUT2D eigenvalue weighted by molar-refractivity contribution is -0.118. The predicted molar refractivity (Wildman–Crippen MR) is 132 cm³/mol. The van der Waals surface area contributed by atoms with Gasteiger partial charge in [0.05, 0.1) is 23.8 Å². The van der Waals surface area contributed by atoms with Crippen molar-refractivity contribution in [3.05, 3.63) is 83.2 Å². The highest BCUT2D eigenvalue weighted by Crippen LogP contribution is 2.27. The molecule has 8 nitrogen and oxygen atoms in total. The molecular formula is C26H24N4O4. The highest BCUT2D eigenvalue weighted by Gasteiger charge is 2.23. The van der Waals surface area contributed by atoms with Crippen molar-refractivity contribution in [2.45, 2.75) is 19.9 Å². The molecular weight excluding hydrogens is 432 g/mol. The fourth-order valence-electron chi connectivity index (χ4n) is 3.77. The lowest BCUT2D eigenvalue weighted by Crippen LogP contribution is -2.33. The molecule has 1 heterocycles. The highest BCUT2D eigenvalue weighted by atomic mass is 16.5. The maximum atomic E-state index is 13.7. The van der Waals surface area contributed by atoms with Gasteiger partial charge in [0.2, 0.25) is 11.8 Å². The number of amides is 2. The first-order chi connectivity index (χ1) is 16.4. The number of methoxy groups -OCH3 is 1. The molecule has 2 amide bonds. The Hall–Kier alpha value is -4.46. The van der Waals surface area contributed by atoms with Gasteiger partial charge < -0.3 is 15.4 Å². The first kappa shape index (κ1) is 22.7. The summed E-state index contributed by atoms with van der Waals surface area (Å²) in [5, 5.41) is 5.59. The number of carbonyl (C=O) groups is 2. The van der Waals surface area contributed by atoms with Gasteiger partial charge in [-0.1, -0.05) is 36.4 Å². The van der Waals surface area contributed by atoms with Crippen LogP contribution >= 0.6 is 0 Å². The number of para-hydroxylation sites is 3. The molecule has 4 aromatic rings. The molecule has 3 aromatic carbocycles. The topological polar surface area (TPSA) is 102 Å². The molecule has 1 atom stereocenters. The van der Waals surface area contributed by atoms with E-state index in [1.165, 1.54) is 11.5 Å². The average Bonchev–Trinajstić information content (AvgIpc) is 2.83. The number of carbonyl (C=O) groups excluding carboxylic acids is 2. The molecule has 4 rings (SSSR count). The Kier molecular flexibility index (Phi) is 6.40. The third-order valence-electron chi connectivity index (χ3n) is 5.39. The molecule has 1 aromatic heterocycles. The van der Waals surface area contributed by atoms with E-state index in [-0.39, 0.29) is 17.5 Å². The van der Waals surface area contributed by atoms with Crippen molar-refractivity contribution in [2.75, 3.05) is 17.7 Å². The number of anilines is 2. The minimum atomic E-state index is -0.849. The molecule has 0 bridgehead atoms. The normalized spacial score (nSPS) is 11.6. The van der Waals surface area contributed by atoms with Crippen LogP contribution in [0.2, 0.25) is 0 Å². The number of benzene rings is 3. The van der Waals surface area contributed by atoms with E-state index in [2.05, 4.69) is 15.6 Å². The molecule has 34 heavy (non-hydrogen) atoms. The second-order valence-electron chi connectivity index (χ2n) is 7.75. The van der Waals surface area contributed by atoms with Gasteiger partial charge >= 0.3 is 0 Å². The molecule has 0 unspecified atom stereocenters. The molecule has 2 N–H and O–H groups in total. The zero-order valence-electron chi connectivity index (χ0n) is 19.0. The SMILES string of the molecule is COc1cccc(NC(=O)[C@H](C)n2c(=O)c(-c3ccccc3NC(C)=O)nc3ccccc32)c1. The van der Waals surface area contributed by atoms with Gasteiger partial charge in [-0.2, -0.15) is 0 Å². The third-order valence-corrected chi connectivity index (χ3v) is 5.39. The van der Waals surface area contributed by atoms with Gasteiger partial charge in [0.1, 0.15) is 17.5 Å². The van der Waals surface area contributed by atoms with Crippen molar-refractivity contribution in [1.29, 1.82) is 0 Å². The fourth-order valence-corrected chi connectivity index (χ4v) is 3.77. The van der Waals surface area contributed by atoms with Crippen LogP contribution in [0.25, 0.3) is 22.3 Å². The highest BCUT2D eigenvalue weighted by molar-refractivity contribution is 5.96. The monoisotopic (exact) mass is 456 g/mol. The minimum absolute atomic E-state index is 0.143. The number of fused-ring (bicyclic) bond motifs is 1. The Morgan fingerprint density at radius 3 is 2.47 bits per heavy atom. The maximum absolute atomic E-state index is 13.7. The summed E-state index contributed by atoms with van der Waals surface area (Å²) in [7, 11) is 1.55. The summed E-state index contributed by atoms with van der Waals surface area (Å²) in [6, 6.07) is 20.2. The first-order valence-corrected chi connectivity index (χ1v) is 10.7. The summed E-state index contributed by atoms with van der Waals surface area (Å²) in [5.74, 6) is -0.0266. The average molecular weight is 457 g/mol. The van der Waals surface area contributed by atoms with E-state index in [1.807, 2.05) is 6.07 Å². The molecule has 0 aliphatic rings. The first-order valence-electron chi connectivity index (χ1n) is 10.7. The molecule has 0 spiro atoms. The summed E-state index contributed by atoms with van der Waals surface area (Å²) < 4.78 is 6.65. The Morgan fingerprint density at radius 1 is 0.971 bits per heavy atom. The quantitative estimate of drug-likeness (QED) is 0.452. The number of ether oxygens (including phenoxy) is 1. The van der Waals surface area contributed by atoms with Crippen LogP contribution in [-0.4, -0.2) is 28.5 Å². The van der Waals surface area contributed by atoms with Gasteiger partial charge in [0, 0.05) is 24.2 Å². The van der Waals surface area contributed by atoms with E-state index >= 15 is 0 Å². The van der Waals surface area contributed by atoms with Crippen LogP contribution in [-0.2, 0) is 9.59 Å². The Bertz CT molecular complexity index is 1440. The van der Waals surface area contributed by atoms with Crippen molar-refractivity contribution < 1.29 is 14.3 Å². The number of nitrogens with one attached hydrogen (secondary N) is 2. The van der Waals surface area contributed by atoms with Crippen molar-refractivity contribution in [3.8, 4) is 17.0 Å². The summed E-state index contributed by atoms with van der Waals surface area (Å²) in [6.45, 7) is 3.06. The second-order valence-corrected chi connectivity index (χ2v) is 7.75. The van der Waals surface area contributed by atoms with Gasteiger partial charge in [0.15, 0.2) is 0 Å². The fraction of sp³-hybridized carbons (Fsp3) is 0.154. The Balaban J connectivity index is 1.83. The number of aromatic nitrogens is 2. The van der Waals surface area contributed by atoms with Crippen LogP contribution in [0.1, 0.15) is 19.9 Å². The van der Waals surface area contributed by atoms with Gasteiger partial charge in [-0.05, 0) is 37.3 Å². The zero-order chi connectivity index (χ0) is 24.2. The minimum Gasteiger partial charge on any atom is -0.497 e. The molecule has 8 heteroatoms. The molecule has 0 radical (unpaired) electrons. The van der Waals surface area contributed by atoms with Crippen LogP contribution in [0.3, 0.4) is 0 Å². The van der Waals surface area contributed by atoms with E-state index in [9.17, 15) is 14.4 Å². The van der Waals surface area contributed by atoms with Crippen molar-refractivity contribution in [3.63, 3.8) is 0 Å². The van der Waals surface area contributed by atoms with Crippen LogP contribution in [0.4, 0.5) is 11.4 Å². The summed E-state index contributed by atoms with van der Waals surface area (Å²) >= 11 is 0. The molecule has 172 valence electrons. The van der Waals surface area contributed by atoms with E-state index < -0.39 is 11.6 Å². The largest absolute Gasteiger partial charge is 0.497 e. The second kappa shape index (κ2) is 9.58. The van der Waals surface area contributed by atoms with Crippen LogP contribution < -0.4 is 20.9 Å². The van der Waals surface area contributed by atoms with Crippen LogP contribution in [0, 0.1) is 0 Å². The summed E-state index contributed by atoms with van der Waals surface area (Å²) in [6.07, 6.45) is 0. The number of hydrogen-bond acceptors (Lipinski definition) is 5. The summed E-state index contributed by atoms with van der Waals surface area (Å²) in [5.41, 5.74) is 2.28. The standard InChI is InChI=1S/C26H24N4O4/c1-16(25(32)28-18-9-8-10-19(15-18)34-3)30-23-14-7-6-13-22(23)29-24(26(30)33)20-11-4-5-12-21(20)27-17(2)31/h4-16H,1-3H3,(H,27,31)(H,28,32)/t16-/m0/s1. The number of nitrogens with zero attached hydrogens (tertiary/aromatic N) is 2. The summed E-state index contributed by atoms with van der Waals surface area (Å²) in [4.78, 5) is 43.2. The third kappa shape index (κ3) is 4.52. The predicted octanol–water partition coefficient (Wildman–Crippen LogP) is 4.23. The molecule has 0 aliphatic carbocycles. The molecule has 0 saturated heterocycles. The number of rotatable bonds is 6. The van der Waals surface area contributed by atoms with Gasteiger partial charge in [-0.15, -0.1) is 0 Å². The molecule has 0 saturated carbocycles. The zero-order valence-corrected chi connectivity index (χ0v) is 19.0. The van der Waals surface area contributed by atoms with Gasteiger partial charge in [-0.3, -0.25) is 19.0 Å². The molecule has 0 aliphatic heterocycles. The lowest BCUT2D eigenvalue weighted by atomic mass is 10.1. The maximum Gasteiger partial charge on any atom is 0.278 e. The van der Waals surface area contributed by atoms with Crippen LogP contribution in [0.5, 0.6) is 5.75 Å². The van der Waals surface area contributed by atoms with Crippen LogP contribution in [0.15, 0.2) is 77.6 Å². The Labute approximate surface area is 196 Å².